The number of unbranched alkanes of at least 4 members (excludes halogenated alkanes) is 1. The summed E-state index contributed by atoms with van der Waals surface area (Å²) in [7, 11) is 0. The molecule has 0 heterocycles. The maximum atomic E-state index is 11.9. The highest BCUT2D eigenvalue weighted by molar-refractivity contribution is 9.11. The van der Waals surface area contributed by atoms with E-state index in [4.69, 9.17) is 9.84 Å². The van der Waals surface area contributed by atoms with Crippen molar-refractivity contribution < 1.29 is 19.4 Å². The van der Waals surface area contributed by atoms with E-state index in [9.17, 15) is 9.59 Å². The zero-order valence-corrected chi connectivity index (χ0v) is 15.0. The van der Waals surface area contributed by atoms with Crippen molar-refractivity contribution in [1.82, 2.24) is 5.32 Å². The second kappa shape index (κ2) is 8.38. The van der Waals surface area contributed by atoms with Gasteiger partial charge in [-0.2, -0.15) is 0 Å². The van der Waals surface area contributed by atoms with Crippen LogP contribution in [-0.4, -0.2) is 29.6 Å². The Morgan fingerprint density at radius 3 is 2.38 bits per heavy atom. The second-order valence-electron chi connectivity index (χ2n) is 4.48. The Morgan fingerprint density at radius 1 is 1.33 bits per heavy atom. The van der Waals surface area contributed by atoms with E-state index >= 15 is 0 Å². The molecule has 0 radical (unpaired) electrons. The number of benzene rings is 1. The van der Waals surface area contributed by atoms with Gasteiger partial charge in [0.25, 0.3) is 5.91 Å². The summed E-state index contributed by atoms with van der Waals surface area (Å²) >= 11 is 6.52. The lowest BCUT2D eigenvalue weighted by Gasteiger charge is -2.17. The fourth-order valence-corrected chi connectivity index (χ4v) is 2.93. The monoisotopic (exact) mass is 421 g/mol. The molecule has 1 rings (SSSR count). The number of halogens is 2. The van der Waals surface area contributed by atoms with Crippen LogP contribution in [0.5, 0.6) is 5.75 Å². The van der Waals surface area contributed by atoms with Gasteiger partial charge in [0.1, 0.15) is 5.75 Å². The minimum absolute atomic E-state index is 0.126. The minimum Gasteiger partial charge on any atom is -0.479 e. The van der Waals surface area contributed by atoms with Crippen molar-refractivity contribution in [3.05, 3.63) is 26.6 Å². The van der Waals surface area contributed by atoms with Gasteiger partial charge in [-0.3, -0.25) is 4.79 Å². The van der Waals surface area contributed by atoms with Gasteiger partial charge >= 0.3 is 5.97 Å². The van der Waals surface area contributed by atoms with Crippen LogP contribution in [-0.2, 0) is 4.79 Å². The summed E-state index contributed by atoms with van der Waals surface area (Å²) in [5.74, 6) is -0.837. The molecule has 2 N–H and O–H groups in total. The molecule has 0 aliphatic heterocycles. The number of ether oxygens (including phenoxy) is 1. The lowest BCUT2D eigenvalue weighted by atomic mass is 10.2. The van der Waals surface area contributed by atoms with E-state index in [1.165, 1.54) is 12.1 Å². The van der Waals surface area contributed by atoms with Gasteiger partial charge in [-0.25, -0.2) is 4.79 Å². The average molecular weight is 423 g/mol. The standard InChI is InChI=1S/C14H17Br2NO4/c1-3-4-5-17-13(18)8(2)21-12-10(15)6-9(14(19)20)7-11(12)16/h6-8H,3-5H2,1-2H3,(H,17,18)(H,19,20). The van der Waals surface area contributed by atoms with Gasteiger partial charge in [0.05, 0.1) is 14.5 Å². The molecule has 1 atom stereocenters. The van der Waals surface area contributed by atoms with Crippen LogP contribution in [0, 0.1) is 0 Å². The fraction of sp³-hybridized carbons (Fsp3) is 0.429. The molecule has 0 saturated heterocycles. The summed E-state index contributed by atoms with van der Waals surface area (Å²) in [6.07, 6.45) is 1.24. The van der Waals surface area contributed by atoms with Gasteiger partial charge in [0, 0.05) is 6.54 Å². The number of nitrogens with one attached hydrogen (secondary N) is 1. The summed E-state index contributed by atoms with van der Waals surface area (Å²) in [4.78, 5) is 22.8. The van der Waals surface area contributed by atoms with Crippen LogP contribution in [0.1, 0.15) is 37.0 Å². The number of hydrogen-bond acceptors (Lipinski definition) is 3. The van der Waals surface area contributed by atoms with Crippen molar-refractivity contribution in [1.29, 1.82) is 0 Å². The number of carbonyl (C=O) groups is 2. The predicted molar refractivity (Wildman–Crippen MR) is 86.8 cm³/mol. The third kappa shape index (κ3) is 5.32. The molecule has 0 aliphatic rings. The average Bonchev–Trinajstić information content (AvgIpc) is 2.42. The fourth-order valence-electron chi connectivity index (χ4n) is 1.56. The number of amides is 1. The Kier molecular flexibility index (Phi) is 7.17. The van der Waals surface area contributed by atoms with Crippen molar-refractivity contribution in [2.24, 2.45) is 0 Å². The molecule has 1 aromatic carbocycles. The lowest BCUT2D eigenvalue weighted by molar-refractivity contribution is -0.127. The molecular formula is C14H17Br2NO4. The van der Waals surface area contributed by atoms with E-state index in [-0.39, 0.29) is 11.5 Å². The van der Waals surface area contributed by atoms with E-state index in [0.717, 1.165) is 12.8 Å². The summed E-state index contributed by atoms with van der Waals surface area (Å²) < 4.78 is 6.55. The highest BCUT2D eigenvalue weighted by atomic mass is 79.9. The predicted octanol–water partition coefficient (Wildman–Crippen LogP) is 3.59. The summed E-state index contributed by atoms with van der Waals surface area (Å²) in [5.41, 5.74) is 0.126. The first-order valence-electron chi connectivity index (χ1n) is 6.53. The molecule has 21 heavy (non-hydrogen) atoms. The zero-order valence-electron chi connectivity index (χ0n) is 11.8. The largest absolute Gasteiger partial charge is 0.479 e. The Balaban J connectivity index is 2.78. The van der Waals surface area contributed by atoms with Crippen LogP contribution in [0.25, 0.3) is 0 Å². The van der Waals surface area contributed by atoms with Crippen LogP contribution in [0.4, 0.5) is 0 Å². The normalized spacial score (nSPS) is 11.8. The van der Waals surface area contributed by atoms with E-state index in [1.54, 1.807) is 6.92 Å². The maximum Gasteiger partial charge on any atom is 0.335 e. The molecule has 0 spiro atoms. The van der Waals surface area contributed by atoms with Crippen LogP contribution in [0.3, 0.4) is 0 Å². The Labute approximate surface area is 140 Å². The van der Waals surface area contributed by atoms with Crippen LogP contribution < -0.4 is 10.1 Å². The topological polar surface area (TPSA) is 75.6 Å². The number of carboxylic acids is 1. The van der Waals surface area contributed by atoms with E-state index in [1.807, 2.05) is 6.92 Å². The molecule has 0 bridgehead atoms. The molecule has 7 heteroatoms. The molecule has 0 aliphatic carbocycles. The first-order valence-corrected chi connectivity index (χ1v) is 8.12. The maximum absolute atomic E-state index is 11.9. The molecule has 1 aromatic rings. The third-order valence-corrected chi connectivity index (χ3v) is 3.92. The van der Waals surface area contributed by atoms with E-state index < -0.39 is 12.1 Å². The highest BCUT2D eigenvalue weighted by Crippen LogP contribution is 2.35. The summed E-state index contributed by atoms with van der Waals surface area (Å²) in [5, 5.41) is 11.8. The number of carbonyl (C=O) groups excluding carboxylic acids is 1. The molecule has 0 aromatic heterocycles. The van der Waals surface area contributed by atoms with Crippen molar-refractivity contribution in [2.45, 2.75) is 32.8 Å². The van der Waals surface area contributed by atoms with Gasteiger partial charge in [-0.1, -0.05) is 13.3 Å². The van der Waals surface area contributed by atoms with Gasteiger partial charge in [0.15, 0.2) is 6.10 Å². The zero-order chi connectivity index (χ0) is 16.0. The van der Waals surface area contributed by atoms with Crippen LogP contribution in [0.2, 0.25) is 0 Å². The smallest absolute Gasteiger partial charge is 0.335 e. The summed E-state index contributed by atoms with van der Waals surface area (Å²) in [6.45, 7) is 4.30. The highest BCUT2D eigenvalue weighted by Gasteiger charge is 2.19. The van der Waals surface area contributed by atoms with Gasteiger partial charge in [-0.15, -0.1) is 0 Å². The van der Waals surface area contributed by atoms with Crippen LogP contribution >= 0.6 is 31.9 Å². The molecular weight excluding hydrogens is 406 g/mol. The summed E-state index contributed by atoms with van der Waals surface area (Å²) in [6, 6.07) is 2.87. The Hall–Kier alpha value is -1.08. The van der Waals surface area contributed by atoms with Gasteiger partial charge in [-0.05, 0) is 57.3 Å². The molecule has 5 nitrogen and oxygen atoms in total. The van der Waals surface area contributed by atoms with Gasteiger partial charge in [0.2, 0.25) is 0 Å². The first-order chi connectivity index (χ1) is 9.86. The quantitative estimate of drug-likeness (QED) is 0.658. The van der Waals surface area contributed by atoms with Gasteiger partial charge < -0.3 is 15.2 Å². The minimum atomic E-state index is -1.03. The van der Waals surface area contributed by atoms with Crippen LogP contribution in [0.15, 0.2) is 21.1 Å². The molecule has 0 saturated carbocycles. The number of carboxylic acid groups (broad SMARTS) is 1. The first kappa shape index (κ1) is 18.0. The van der Waals surface area contributed by atoms with Crippen molar-refractivity contribution >= 4 is 43.7 Å². The molecule has 1 unspecified atom stereocenters. The lowest BCUT2D eigenvalue weighted by Crippen LogP contribution is -2.36. The van der Waals surface area contributed by atoms with Crippen molar-refractivity contribution in [3.63, 3.8) is 0 Å². The van der Waals surface area contributed by atoms with Crippen molar-refractivity contribution in [2.75, 3.05) is 6.54 Å². The third-order valence-electron chi connectivity index (χ3n) is 2.74. The van der Waals surface area contributed by atoms with Crippen molar-refractivity contribution in [3.8, 4) is 5.75 Å². The van der Waals surface area contributed by atoms with E-state index in [2.05, 4.69) is 37.2 Å². The SMILES string of the molecule is CCCCNC(=O)C(C)Oc1c(Br)cc(C(=O)O)cc1Br. The number of aromatic carboxylic acids is 1. The molecule has 0 fully saturated rings. The Morgan fingerprint density at radius 2 is 1.90 bits per heavy atom. The Bertz CT molecular complexity index is 511. The molecule has 116 valence electrons. The number of rotatable bonds is 7. The van der Waals surface area contributed by atoms with E-state index in [0.29, 0.717) is 21.2 Å². The second-order valence-corrected chi connectivity index (χ2v) is 6.19. The molecule has 1 amide bonds. The number of hydrogen-bond donors (Lipinski definition) is 2.